The van der Waals surface area contributed by atoms with Crippen molar-refractivity contribution in [3.63, 3.8) is 0 Å². The van der Waals surface area contributed by atoms with Gasteiger partial charge in [-0.2, -0.15) is 5.10 Å². The van der Waals surface area contributed by atoms with Crippen molar-refractivity contribution in [1.29, 1.82) is 0 Å². The van der Waals surface area contributed by atoms with Crippen LogP contribution in [0, 0.1) is 5.92 Å². The zero-order chi connectivity index (χ0) is 11.5. The Labute approximate surface area is 99.7 Å². The number of hydrogen-bond acceptors (Lipinski definition) is 4. The van der Waals surface area contributed by atoms with Crippen molar-refractivity contribution in [2.45, 2.75) is 12.8 Å². The van der Waals surface area contributed by atoms with E-state index < -0.39 is 0 Å². The molecule has 1 aliphatic heterocycles. The van der Waals surface area contributed by atoms with E-state index in [0.29, 0.717) is 5.92 Å². The molecule has 5 heteroatoms. The van der Waals surface area contributed by atoms with Crippen molar-refractivity contribution in [3.05, 3.63) is 30.4 Å². The second kappa shape index (κ2) is 4.63. The third-order valence-corrected chi connectivity index (χ3v) is 3.17. The van der Waals surface area contributed by atoms with E-state index in [4.69, 9.17) is 0 Å². The molecular weight excluding hydrogens is 214 g/mol. The lowest BCUT2D eigenvalue weighted by atomic mass is 10.0. The fourth-order valence-corrected chi connectivity index (χ4v) is 2.29. The number of rotatable bonds is 3. The van der Waals surface area contributed by atoms with E-state index in [2.05, 4.69) is 25.5 Å². The lowest BCUT2D eigenvalue weighted by Crippen LogP contribution is -2.12. The first-order chi connectivity index (χ1) is 8.43. The summed E-state index contributed by atoms with van der Waals surface area (Å²) in [7, 11) is 0. The highest BCUT2D eigenvalue weighted by molar-refractivity contribution is 5.55. The van der Waals surface area contributed by atoms with Crippen LogP contribution < -0.4 is 5.32 Å². The van der Waals surface area contributed by atoms with Gasteiger partial charge in [-0.05, 0) is 37.9 Å². The summed E-state index contributed by atoms with van der Waals surface area (Å²) in [6.45, 7) is 2.20. The molecule has 1 saturated heterocycles. The largest absolute Gasteiger partial charge is 0.316 e. The third kappa shape index (κ3) is 2.19. The SMILES string of the molecule is c1cc(-c2nccnc2CC2CCNC2)[nH]n1. The van der Waals surface area contributed by atoms with Crippen molar-refractivity contribution >= 4 is 0 Å². The van der Waals surface area contributed by atoms with Gasteiger partial charge in [0.25, 0.3) is 0 Å². The minimum absolute atomic E-state index is 0.674. The molecule has 0 aromatic carbocycles. The maximum Gasteiger partial charge on any atom is 0.110 e. The molecule has 0 bridgehead atoms. The monoisotopic (exact) mass is 229 g/mol. The molecule has 2 aromatic rings. The Kier molecular flexibility index (Phi) is 2.83. The van der Waals surface area contributed by atoms with Crippen LogP contribution in [0.4, 0.5) is 0 Å². The fraction of sp³-hybridized carbons (Fsp3) is 0.417. The van der Waals surface area contributed by atoms with Crippen LogP contribution >= 0.6 is 0 Å². The molecule has 5 nitrogen and oxygen atoms in total. The minimum atomic E-state index is 0.674. The Morgan fingerprint density at radius 1 is 1.24 bits per heavy atom. The number of nitrogens with zero attached hydrogens (tertiary/aromatic N) is 3. The van der Waals surface area contributed by atoms with Crippen molar-refractivity contribution in [2.75, 3.05) is 13.1 Å². The molecule has 1 aliphatic rings. The van der Waals surface area contributed by atoms with Gasteiger partial charge in [-0.1, -0.05) is 0 Å². The van der Waals surface area contributed by atoms with Crippen LogP contribution in [-0.4, -0.2) is 33.3 Å². The number of aromatic amines is 1. The molecule has 1 atom stereocenters. The van der Waals surface area contributed by atoms with E-state index in [1.54, 1.807) is 18.6 Å². The van der Waals surface area contributed by atoms with Crippen molar-refractivity contribution in [1.82, 2.24) is 25.5 Å². The molecule has 0 spiro atoms. The van der Waals surface area contributed by atoms with Crippen LogP contribution in [0.15, 0.2) is 24.7 Å². The zero-order valence-electron chi connectivity index (χ0n) is 9.56. The van der Waals surface area contributed by atoms with Gasteiger partial charge in [0.2, 0.25) is 0 Å². The Morgan fingerprint density at radius 2 is 2.18 bits per heavy atom. The lowest BCUT2D eigenvalue weighted by Gasteiger charge is -2.09. The summed E-state index contributed by atoms with van der Waals surface area (Å²) in [5, 5.41) is 10.3. The third-order valence-electron chi connectivity index (χ3n) is 3.17. The predicted molar refractivity (Wildman–Crippen MR) is 64.3 cm³/mol. The molecule has 2 aromatic heterocycles. The van der Waals surface area contributed by atoms with E-state index in [1.165, 1.54) is 6.42 Å². The summed E-state index contributed by atoms with van der Waals surface area (Å²) < 4.78 is 0. The second-order valence-corrected chi connectivity index (χ2v) is 4.38. The number of hydrogen-bond donors (Lipinski definition) is 2. The molecule has 17 heavy (non-hydrogen) atoms. The minimum Gasteiger partial charge on any atom is -0.316 e. The molecule has 3 rings (SSSR count). The van der Waals surface area contributed by atoms with Crippen LogP contribution in [0.3, 0.4) is 0 Å². The molecule has 0 radical (unpaired) electrons. The van der Waals surface area contributed by atoms with E-state index in [1.807, 2.05) is 6.07 Å². The first-order valence-electron chi connectivity index (χ1n) is 5.94. The molecule has 0 aliphatic carbocycles. The van der Waals surface area contributed by atoms with Gasteiger partial charge in [0.1, 0.15) is 5.69 Å². The summed E-state index contributed by atoms with van der Waals surface area (Å²) in [5.74, 6) is 0.674. The Hall–Kier alpha value is -1.75. The smallest absolute Gasteiger partial charge is 0.110 e. The first kappa shape index (κ1) is 10.4. The molecule has 2 N–H and O–H groups in total. The van der Waals surface area contributed by atoms with Gasteiger partial charge in [-0.15, -0.1) is 0 Å². The molecule has 3 heterocycles. The number of aromatic nitrogens is 4. The molecule has 0 amide bonds. The summed E-state index contributed by atoms with van der Waals surface area (Å²) >= 11 is 0. The Balaban J connectivity index is 1.88. The highest BCUT2D eigenvalue weighted by atomic mass is 15.1. The Bertz CT molecular complexity index is 473. The van der Waals surface area contributed by atoms with E-state index in [9.17, 15) is 0 Å². The summed E-state index contributed by atoms with van der Waals surface area (Å²) in [5.41, 5.74) is 2.93. The lowest BCUT2D eigenvalue weighted by molar-refractivity contribution is 0.571. The predicted octanol–water partition coefficient (Wildman–Crippen LogP) is 1.02. The summed E-state index contributed by atoms with van der Waals surface area (Å²) in [6.07, 6.45) is 7.43. The van der Waals surface area contributed by atoms with Crippen LogP contribution in [0.5, 0.6) is 0 Å². The van der Waals surface area contributed by atoms with Gasteiger partial charge in [0.15, 0.2) is 0 Å². The van der Waals surface area contributed by atoms with Gasteiger partial charge in [-0.3, -0.25) is 15.1 Å². The average Bonchev–Trinajstić information content (AvgIpc) is 3.01. The molecule has 88 valence electrons. The zero-order valence-corrected chi connectivity index (χ0v) is 9.56. The van der Waals surface area contributed by atoms with E-state index in [0.717, 1.165) is 36.6 Å². The van der Waals surface area contributed by atoms with Crippen LogP contribution in [-0.2, 0) is 6.42 Å². The fourth-order valence-electron chi connectivity index (χ4n) is 2.29. The van der Waals surface area contributed by atoms with E-state index >= 15 is 0 Å². The van der Waals surface area contributed by atoms with Crippen molar-refractivity contribution in [3.8, 4) is 11.4 Å². The molecular formula is C12H15N5. The van der Waals surface area contributed by atoms with Gasteiger partial charge in [0, 0.05) is 18.6 Å². The molecule has 1 unspecified atom stereocenters. The summed E-state index contributed by atoms with van der Waals surface area (Å²) in [6, 6.07) is 1.93. The second-order valence-electron chi connectivity index (χ2n) is 4.38. The number of H-pyrrole nitrogens is 1. The molecule has 1 fully saturated rings. The molecule has 0 saturated carbocycles. The highest BCUT2D eigenvalue weighted by Gasteiger charge is 2.18. The first-order valence-corrected chi connectivity index (χ1v) is 5.94. The highest BCUT2D eigenvalue weighted by Crippen LogP contribution is 2.21. The van der Waals surface area contributed by atoms with Crippen molar-refractivity contribution < 1.29 is 0 Å². The van der Waals surface area contributed by atoms with Gasteiger partial charge in [-0.25, -0.2) is 0 Å². The Morgan fingerprint density at radius 3 is 2.94 bits per heavy atom. The van der Waals surface area contributed by atoms with Gasteiger partial charge in [0.05, 0.1) is 11.4 Å². The maximum absolute atomic E-state index is 4.46. The normalized spacial score (nSPS) is 19.6. The van der Waals surface area contributed by atoms with Crippen LogP contribution in [0.25, 0.3) is 11.4 Å². The van der Waals surface area contributed by atoms with Crippen molar-refractivity contribution in [2.24, 2.45) is 5.92 Å². The number of nitrogens with one attached hydrogen (secondary N) is 2. The average molecular weight is 229 g/mol. The maximum atomic E-state index is 4.46. The van der Waals surface area contributed by atoms with Crippen LogP contribution in [0.1, 0.15) is 12.1 Å². The van der Waals surface area contributed by atoms with Crippen LogP contribution in [0.2, 0.25) is 0 Å². The standard InChI is InChI=1S/C12H15N5/c1-3-13-8-9(1)7-11-12(15-6-5-14-11)10-2-4-16-17-10/h2,4-6,9,13H,1,3,7-8H2,(H,16,17). The topological polar surface area (TPSA) is 66.5 Å². The van der Waals surface area contributed by atoms with Gasteiger partial charge < -0.3 is 5.32 Å². The van der Waals surface area contributed by atoms with Gasteiger partial charge >= 0.3 is 0 Å². The summed E-state index contributed by atoms with van der Waals surface area (Å²) in [4.78, 5) is 8.87. The quantitative estimate of drug-likeness (QED) is 0.824. The van der Waals surface area contributed by atoms with E-state index in [-0.39, 0.29) is 0 Å².